The van der Waals surface area contributed by atoms with Crippen LogP contribution in [0.5, 0.6) is 0 Å². The van der Waals surface area contributed by atoms with Gasteiger partial charge in [-0.25, -0.2) is 4.68 Å². The highest BCUT2D eigenvalue weighted by Gasteiger charge is 1.97. The van der Waals surface area contributed by atoms with Crippen molar-refractivity contribution in [1.82, 2.24) is 9.78 Å². The van der Waals surface area contributed by atoms with Gasteiger partial charge in [-0.3, -0.25) is 4.79 Å². The van der Waals surface area contributed by atoms with Crippen LogP contribution in [0, 0.1) is 6.92 Å². The number of aryl methyl sites for hydroxylation is 2. The van der Waals surface area contributed by atoms with Gasteiger partial charge in [0.05, 0.1) is 0 Å². The minimum atomic E-state index is -0.137. The first-order chi connectivity index (χ1) is 4.61. The van der Waals surface area contributed by atoms with Gasteiger partial charge in [-0.1, -0.05) is 11.6 Å². The van der Waals surface area contributed by atoms with Gasteiger partial charge in [0.2, 0.25) is 0 Å². The van der Waals surface area contributed by atoms with E-state index in [0.29, 0.717) is 10.7 Å². The fourth-order valence-corrected chi connectivity index (χ4v) is 0.766. The van der Waals surface area contributed by atoms with Gasteiger partial charge in [-0.2, -0.15) is 5.10 Å². The maximum absolute atomic E-state index is 10.8. The molecule has 0 saturated carbocycles. The van der Waals surface area contributed by atoms with E-state index in [4.69, 9.17) is 11.6 Å². The highest BCUT2D eigenvalue weighted by Crippen LogP contribution is 2.05. The number of halogens is 1. The SMILES string of the molecule is Cc1cc(=O)n(C)nc1Cl. The number of aromatic nitrogens is 2. The van der Waals surface area contributed by atoms with Gasteiger partial charge >= 0.3 is 0 Å². The van der Waals surface area contributed by atoms with Gasteiger partial charge in [0, 0.05) is 13.1 Å². The van der Waals surface area contributed by atoms with E-state index >= 15 is 0 Å². The Labute approximate surface area is 63.2 Å². The van der Waals surface area contributed by atoms with Crippen LogP contribution in [-0.4, -0.2) is 9.78 Å². The first kappa shape index (κ1) is 7.28. The molecule has 54 valence electrons. The number of nitrogens with zero attached hydrogens (tertiary/aromatic N) is 2. The van der Waals surface area contributed by atoms with E-state index in [9.17, 15) is 4.79 Å². The van der Waals surface area contributed by atoms with Crippen molar-refractivity contribution in [3.63, 3.8) is 0 Å². The molecule has 0 fully saturated rings. The highest BCUT2D eigenvalue weighted by molar-refractivity contribution is 6.30. The second-order valence-corrected chi connectivity index (χ2v) is 2.44. The predicted octanol–water partition coefficient (Wildman–Crippen LogP) is 0.742. The second kappa shape index (κ2) is 2.42. The molecule has 0 aromatic carbocycles. The van der Waals surface area contributed by atoms with E-state index in [1.165, 1.54) is 10.7 Å². The molecule has 0 aliphatic heterocycles. The van der Waals surface area contributed by atoms with Crippen LogP contribution in [0.2, 0.25) is 5.15 Å². The molecule has 0 amide bonds. The van der Waals surface area contributed by atoms with E-state index in [1.807, 2.05) is 0 Å². The molecule has 0 aliphatic carbocycles. The maximum Gasteiger partial charge on any atom is 0.266 e. The van der Waals surface area contributed by atoms with Crippen LogP contribution in [0.3, 0.4) is 0 Å². The molecule has 1 aromatic rings. The van der Waals surface area contributed by atoms with Gasteiger partial charge in [0.15, 0.2) is 5.15 Å². The normalized spacial score (nSPS) is 9.90. The molecule has 0 N–H and O–H groups in total. The van der Waals surface area contributed by atoms with Crippen LogP contribution in [0.1, 0.15) is 5.56 Å². The summed E-state index contributed by atoms with van der Waals surface area (Å²) in [5, 5.41) is 4.12. The van der Waals surface area contributed by atoms with Crippen molar-refractivity contribution in [3.8, 4) is 0 Å². The van der Waals surface area contributed by atoms with Gasteiger partial charge in [-0.15, -0.1) is 0 Å². The molecule has 0 radical (unpaired) electrons. The molecule has 0 aliphatic rings. The first-order valence-electron chi connectivity index (χ1n) is 2.81. The van der Waals surface area contributed by atoms with E-state index in [-0.39, 0.29) is 5.56 Å². The zero-order valence-electron chi connectivity index (χ0n) is 5.76. The first-order valence-corrected chi connectivity index (χ1v) is 3.19. The van der Waals surface area contributed by atoms with Crippen molar-refractivity contribution in [1.29, 1.82) is 0 Å². The van der Waals surface area contributed by atoms with Crippen molar-refractivity contribution in [2.24, 2.45) is 7.05 Å². The number of hydrogen-bond donors (Lipinski definition) is 0. The van der Waals surface area contributed by atoms with Crippen molar-refractivity contribution < 1.29 is 0 Å². The lowest BCUT2D eigenvalue weighted by Crippen LogP contribution is -2.18. The summed E-state index contributed by atoms with van der Waals surface area (Å²) in [7, 11) is 1.56. The molecule has 0 spiro atoms. The molecule has 0 atom stereocenters. The fraction of sp³-hybridized carbons (Fsp3) is 0.333. The van der Waals surface area contributed by atoms with Crippen LogP contribution in [0.25, 0.3) is 0 Å². The average molecular weight is 159 g/mol. The molecule has 4 heteroatoms. The Hall–Kier alpha value is -0.830. The summed E-state index contributed by atoms with van der Waals surface area (Å²) in [5.41, 5.74) is 0.576. The Morgan fingerprint density at radius 3 is 2.80 bits per heavy atom. The molecule has 10 heavy (non-hydrogen) atoms. The van der Waals surface area contributed by atoms with Crippen LogP contribution in [0.4, 0.5) is 0 Å². The third-order valence-electron chi connectivity index (χ3n) is 1.22. The maximum atomic E-state index is 10.8. The summed E-state index contributed by atoms with van der Waals surface area (Å²) < 4.78 is 1.20. The Balaban J connectivity index is 3.43. The Morgan fingerprint density at radius 2 is 2.30 bits per heavy atom. The minimum Gasteiger partial charge on any atom is -0.268 e. The molecule has 1 rings (SSSR count). The monoisotopic (exact) mass is 158 g/mol. The molecule has 3 nitrogen and oxygen atoms in total. The van der Waals surface area contributed by atoms with Gasteiger partial charge in [0.1, 0.15) is 0 Å². The Bertz CT molecular complexity index is 305. The van der Waals surface area contributed by atoms with Gasteiger partial charge in [-0.05, 0) is 12.5 Å². The lowest BCUT2D eigenvalue weighted by atomic mass is 10.3. The summed E-state index contributed by atoms with van der Waals surface area (Å²) in [6.07, 6.45) is 0. The van der Waals surface area contributed by atoms with Crippen LogP contribution in [0.15, 0.2) is 10.9 Å². The molecule has 1 heterocycles. The number of hydrogen-bond acceptors (Lipinski definition) is 2. The largest absolute Gasteiger partial charge is 0.268 e. The summed E-state index contributed by atoms with van der Waals surface area (Å²) in [5.74, 6) is 0. The van der Waals surface area contributed by atoms with Crippen molar-refractivity contribution in [2.75, 3.05) is 0 Å². The van der Waals surface area contributed by atoms with E-state index in [0.717, 1.165) is 0 Å². The van der Waals surface area contributed by atoms with Crippen molar-refractivity contribution in [3.05, 3.63) is 27.1 Å². The zero-order chi connectivity index (χ0) is 7.72. The smallest absolute Gasteiger partial charge is 0.266 e. The topological polar surface area (TPSA) is 34.9 Å². The molecule has 0 unspecified atom stereocenters. The van der Waals surface area contributed by atoms with E-state index in [1.54, 1.807) is 14.0 Å². The highest BCUT2D eigenvalue weighted by atomic mass is 35.5. The Kier molecular flexibility index (Phi) is 1.76. The lowest BCUT2D eigenvalue weighted by Gasteiger charge is -1.97. The predicted molar refractivity (Wildman–Crippen MR) is 39.2 cm³/mol. The molecule has 0 bridgehead atoms. The lowest BCUT2D eigenvalue weighted by molar-refractivity contribution is 0.704. The summed E-state index contributed by atoms with van der Waals surface area (Å²) in [6, 6.07) is 1.45. The molecular weight excluding hydrogens is 152 g/mol. The minimum absolute atomic E-state index is 0.137. The van der Waals surface area contributed by atoms with Crippen LogP contribution < -0.4 is 5.56 Å². The fourth-order valence-electron chi connectivity index (χ4n) is 0.598. The molecule has 0 saturated heterocycles. The van der Waals surface area contributed by atoms with E-state index < -0.39 is 0 Å². The van der Waals surface area contributed by atoms with Crippen molar-refractivity contribution in [2.45, 2.75) is 6.92 Å². The standard InChI is InChI=1S/C6H7ClN2O/c1-4-3-5(10)9(2)8-6(4)7/h3H,1-2H3. The number of rotatable bonds is 0. The molecule has 1 aromatic heterocycles. The van der Waals surface area contributed by atoms with Gasteiger partial charge < -0.3 is 0 Å². The summed E-state index contributed by atoms with van der Waals surface area (Å²) >= 11 is 5.62. The molecular formula is C6H7ClN2O. The summed E-state index contributed by atoms with van der Waals surface area (Å²) in [4.78, 5) is 10.8. The van der Waals surface area contributed by atoms with Crippen molar-refractivity contribution >= 4 is 11.6 Å². The Morgan fingerprint density at radius 1 is 1.70 bits per heavy atom. The second-order valence-electron chi connectivity index (χ2n) is 2.08. The van der Waals surface area contributed by atoms with Gasteiger partial charge in [0.25, 0.3) is 5.56 Å². The average Bonchev–Trinajstić information content (AvgIpc) is 1.84. The third kappa shape index (κ3) is 1.19. The van der Waals surface area contributed by atoms with Crippen LogP contribution >= 0.6 is 11.6 Å². The van der Waals surface area contributed by atoms with Crippen LogP contribution in [-0.2, 0) is 7.05 Å². The zero-order valence-corrected chi connectivity index (χ0v) is 6.51. The third-order valence-corrected chi connectivity index (χ3v) is 1.60. The summed E-state index contributed by atoms with van der Waals surface area (Å²) in [6.45, 7) is 1.75. The van der Waals surface area contributed by atoms with E-state index in [2.05, 4.69) is 5.10 Å². The quantitative estimate of drug-likeness (QED) is 0.558.